The van der Waals surface area contributed by atoms with Gasteiger partial charge >= 0.3 is 0 Å². The van der Waals surface area contributed by atoms with Crippen molar-refractivity contribution in [2.75, 3.05) is 0 Å². The molecule has 0 saturated carbocycles. The number of aryl methyl sites for hydroxylation is 1. The van der Waals surface area contributed by atoms with Gasteiger partial charge < -0.3 is 5.41 Å². The summed E-state index contributed by atoms with van der Waals surface area (Å²) >= 11 is 0. The highest BCUT2D eigenvalue weighted by Crippen LogP contribution is 2.21. The molecule has 0 unspecified atom stereocenters. The highest BCUT2D eigenvalue weighted by Gasteiger charge is 2.06. The number of benzene rings is 1. The Bertz CT molecular complexity index is 880. The maximum absolute atomic E-state index is 11.8. The summed E-state index contributed by atoms with van der Waals surface area (Å²) in [7, 11) is 0. The standard InChI is InChI=1S/C26H34N2O/c1-7-10-23(11-8-2)22(9-3)15-13-20(5)28-26(16-21(6)29)24-14-12-19(4)25(17-24)18-27/h9-10,12-18,27H,7-8,11H2,1-6H3/b15-13-,22-9+,23-10+,26-16-,27-18?,28-20-. The molecule has 0 heterocycles. The van der Waals surface area contributed by atoms with E-state index in [1.165, 1.54) is 24.3 Å². The van der Waals surface area contributed by atoms with Gasteiger partial charge in [-0.15, -0.1) is 0 Å². The van der Waals surface area contributed by atoms with Gasteiger partial charge in [0, 0.05) is 23.6 Å². The van der Waals surface area contributed by atoms with E-state index in [9.17, 15) is 4.79 Å². The average molecular weight is 391 g/mol. The first-order valence-electron chi connectivity index (χ1n) is 10.3. The molecule has 0 bridgehead atoms. The van der Waals surface area contributed by atoms with Crippen LogP contribution in [0.15, 0.2) is 64.7 Å². The fourth-order valence-corrected chi connectivity index (χ4v) is 3.03. The van der Waals surface area contributed by atoms with Crippen molar-refractivity contribution < 1.29 is 4.79 Å². The van der Waals surface area contributed by atoms with E-state index in [1.807, 2.05) is 38.1 Å². The van der Waals surface area contributed by atoms with Crippen molar-refractivity contribution in [2.24, 2.45) is 4.99 Å². The van der Waals surface area contributed by atoms with Crippen molar-refractivity contribution in [3.8, 4) is 0 Å². The highest BCUT2D eigenvalue weighted by molar-refractivity contribution is 6.01. The molecular formula is C26H34N2O. The monoisotopic (exact) mass is 390 g/mol. The van der Waals surface area contributed by atoms with Crippen molar-refractivity contribution in [3.05, 3.63) is 76.4 Å². The third kappa shape index (κ3) is 7.98. The summed E-state index contributed by atoms with van der Waals surface area (Å²) in [5.74, 6) is -0.0530. The molecule has 0 aliphatic heterocycles. The number of nitrogens with zero attached hydrogens (tertiary/aromatic N) is 1. The molecule has 154 valence electrons. The first kappa shape index (κ1) is 24.2. The lowest BCUT2D eigenvalue weighted by atomic mass is 9.99. The summed E-state index contributed by atoms with van der Waals surface area (Å²) in [4.78, 5) is 16.4. The Morgan fingerprint density at radius 3 is 2.45 bits per heavy atom. The molecule has 1 N–H and O–H groups in total. The predicted molar refractivity (Wildman–Crippen MR) is 127 cm³/mol. The Kier molecular flexibility index (Phi) is 10.5. The van der Waals surface area contributed by atoms with E-state index >= 15 is 0 Å². The third-order valence-corrected chi connectivity index (χ3v) is 4.52. The van der Waals surface area contributed by atoms with Crippen LogP contribution in [0.1, 0.15) is 70.6 Å². The maximum atomic E-state index is 11.8. The van der Waals surface area contributed by atoms with E-state index in [0.29, 0.717) is 5.70 Å². The second-order valence-corrected chi connectivity index (χ2v) is 7.07. The van der Waals surface area contributed by atoms with Crippen molar-refractivity contribution in [3.63, 3.8) is 0 Å². The van der Waals surface area contributed by atoms with Gasteiger partial charge in [0.1, 0.15) is 0 Å². The van der Waals surface area contributed by atoms with Crippen LogP contribution < -0.4 is 0 Å². The zero-order valence-electron chi connectivity index (χ0n) is 18.7. The summed E-state index contributed by atoms with van der Waals surface area (Å²) in [5.41, 5.74) is 6.68. The summed E-state index contributed by atoms with van der Waals surface area (Å²) in [5, 5.41) is 7.58. The van der Waals surface area contributed by atoms with Crippen LogP contribution in [0.5, 0.6) is 0 Å². The number of carbonyl (C=O) groups excluding carboxylic acids is 1. The van der Waals surface area contributed by atoms with E-state index in [4.69, 9.17) is 10.4 Å². The summed E-state index contributed by atoms with van der Waals surface area (Å²) in [6.45, 7) is 11.8. The minimum absolute atomic E-state index is 0.0530. The van der Waals surface area contributed by atoms with Crippen LogP contribution >= 0.6 is 0 Å². The van der Waals surface area contributed by atoms with Crippen molar-refractivity contribution >= 4 is 23.4 Å². The van der Waals surface area contributed by atoms with Gasteiger partial charge in [-0.25, -0.2) is 0 Å². The maximum Gasteiger partial charge on any atom is 0.154 e. The molecule has 0 amide bonds. The Balaban J connectivity index is 3.27. The number of allylic oxidation sites excluding steroid dienone is 7. The number of ketones is 1. The molecule has 3 heteroatoms. The largest absolute Gasteiger partial charge is 0.308 e. The van der Waals surface area contributed by atoms with Crippen LogP contribution in [0.4, 0.5) is 0 Å². The average Bonchev–Trinajstić information content (AvgIpc) is 2.68. The number of aliphatic imine (C=N–C) groups is 1. The number of hydrogen-bond donors (Lipinski definition) is 1. The van der Waals surface area contributed by atoms with Gasteiger partial charge in [-0.1, -0.05) is 50.6 Å². The zero-order valence-corrected chi connectivity index (χ0v) is 18.7. The molecule has 3 nitrogen and oxygen atoms in total. The fourth-order valence-electron chi connectivity index (χ4n) is 3.03. The lowest BCUT2D eigenvalue weighted by Gasteiger charge is -2.08. The van der Waals surface area contributed by atoms with Gasteiger partial charge in [0.2, 0.25) is 0 Å². The van der Waals surface area contributed by atoms with Gasteiger partial charge in [0.15, 0.2) is 5.78 Å². The molecule has 0 fully saturated rings. The normalized spacial score (nSPS) is 13.9. The Hall–Kier alpha value is -2.81. The number of nitrogens with one attached hydrogen (secondary N) is 1. The lowest BCUT2D eigenvalue weighted by molar-refractivity contribution is -0.112. The second-order valence-electron chi connectivity index (χ2n) is 7.07. The fraction of sp³-hybridized carbons (Fsp3) is 0.346. The third-order valence-electron chi connectivity index (χ3n) is 4.52. The number of rotatable bonds is 10. The topological polar surface area (TPSA) is 53.3 Å². The zero-order chi connectivity index (χ0) is 21.8. The van der Waals surface area contributed by atoms with Crippen molar-refractivity contribution in [1.29, 1.82) is 5.41 Å². The molecule has 1 aromatic carbocycles. The number of carbonyl (C=O) groups is 1. The molecule has 0 aromatic heterocycles. The van der Waals surface area contributed by atoms with E-state index in [-0.39, 0.29) is 5.78 Å². The molecule has 0 saturated heterocycles. The minimum Gasteiger partial charge on any atom is -0.308 e. The van der Waals surface area contributed by atoms with Crippen LogP contribution in [-0.4, -0.2) is 17.7 Å². The van der Waals surface area contributed by atoms with Gasteiger partial charge in [-0.2, -0.15) is 0 Å². The second kappa shape index (κ2) is 12.6. The SMILES string of the molecule is C/C=C(\C=C/C(C)=N\C(=C/C(C)=O)c1ccc(C)c(C=N)c1)C(=C/CC)/CCC. The van der Waals surface area contributed by atoms with Crippen LogP contribution in [-0.2, 0) is 4.79 Å². The predicted octanol–water partition coefficient (Wildman–Crippen LogP) is 7.02. The van der Waals surface area contributed by atoms with E-state index in [2.05, 4.69) is 39.0 Å². The molecule has 0 spiro atoms. The quantitative estimate of drug-likeness (QED) is 0.260. The molecule has 0 aliphatic rings. The Morgan fingerprint density at radius 1 is 1.17 bits per heavy atom. The summed E-state index contributed by atoms with van der Waals surface area (Å²) in [6.07, 6.45) is 14.6. The van der Waals surface area contributed by atoms with Crippen LogP contribution in [0.25, 0.3) is 5.70 Å². The van der Waals surface area contributed by atoms with Crippen molar-refractivity contribution in [2.45, 2.75) is 60.8 Å². The van der Waals surface area contributed by atoms with Crippen LogP contribution in [0, 0.1) is 12.3 Å². The van der Waals surface area contributed by atoms with E-state index in [1.54, 1.807) is 6.08 Å². The Morgan fingerprint density at radius 2 is 1.90 bits per heavy atom. The molecule has 0 radical (unpaired) electrons. The van der Waals surface area contributed by atoms with E-state index < -0.39 is 0 Å². The Labute approximate surface area is 176 Å². The molecule has 1 rings (SSSR count). The van der Waals surface area contributed by atoms with Crippen LogP contribution in [0.2, 0.25) is 0 Å². The lowest BCUT2D eigenvalue weighted by Crippen LogP contribution is -1.95. The molecule has 29 heavy (non-hydrogen) atoms. The summed E-state index contributed by atoms with van der Waals surface area (Å²) in [6, 6.07) is 5.80. The smallest absolute Gasteiger partial charge is 0.154 e. The van der Waals surface area contributed by atoms with Gasteiger partial charge in [-0.05, 0) is 75.0 Å². The van der Waals surface area contributed by atoms with Gasteiger partial charge in [-0.3, -0.25) is 9.79 Å². The van der Waals surface area contributed by atoms with Crippen LogP contribution in [0.3, 0.4) is 0 Å². The van der Waals surface area contributed by atoms with Gasteiger partial charge in [0.05, 0.1) is 5.70 Å². The molecular weight excluding hydrogens is 356 g/mol. The molecule has 0 atom stereocenters. The first-order valence-corrected chi connectivity index (χ1v) is 10.3. The van der Waals surface area contributed by atoms with E-state index in [0.717, 1.165) is 41.7 Å². The molecule has 0 aliphatic carbocycles. The first-order chi connectivity index (χ1) is 13.9. The highest BCUT2D eigenvalue weighted by atomic mass is 16.1. The van der Waals surface area contributed by atoms with Gasteiger partial charge in [0.25, 0.3) is 0 Å². The minimum atomic E-state index is -0.0530. The summed E-state index contributed by atoms with van der Waals surface area (Å²) < 4.78 is 0. The number of hydrogen-bond acceptors (Lipinski definition) is 3. The van der Waals surface area contributed by atoms with Crippen molar-refractivity contribution in [1.82, 2.24) is 0 Å². The molecule has 1 aromatic rings.